The minimum Gasteiger partial charge on any atom is -0.480 e. The number of carboxylic acids is 2. The summed E-state index contributed by atoms with van der Waals surface area (Å²) in [5.41, 5.74) is 18.9. The molecule has 0 aliphatic carbocycles. The van der Waals surface area contributed by atoms with E-state index in [1.807, 2.05) is 60.8 Å². The van der Waals surface area contributed by atoms with Crippen LogP contribution in [0.4, 0.5) is 0 Å². The molecule has 1 heterocycles. The first-order valence-corrected chi connectivity index (χ1v) is 10.5. The number of aromatic nitrogens is 1. The molecule has 0 spiro atoms. The van der Waals surface area contributed by atoms with Crippen molar-refractivity contribution < 1.29 is 29.3 Å². The zero-order valence-electron chi connectivity index (χ0n) is 19.2. The summed E-state index contributed by atoms with van der Waals surface area (Å²) in [6, 6.07) is 15.2. The first-order valence-electron chi connectivity index (χ1n) is 10.5. The van der Waals surface area contributed by atoms with Gasteiger partial charge < -0.3 is 37.1 Å². The van der Waals surface area contributed by atoms with Crippen molar-refractivity contribution in [3.8, 4) is 0 Å². The lowest BCUT2D eigenvalue weighted by molar-refractivity contribution is -0.142. The van der Waals surface area contributed by atoms with Crippen LogP contribution in [0.15, 0.2) is 60.8 Å². The average Bonchev–Trinajstić information content (AvgIpc) is 3.22. The lowest BCUT2D eigenvalue weighted by Crippen LogP contribution is -2.33. The largest absolute Gasteiger partial charge is 0.480 e. The third-order valence-corrected chi connectivity index (χ3v) is 4.62. The Balaban J connectivity index is 0.000000279. The summed E-state index contributed by atoms with van der Waals surface area (Å²) in [5, 5.41) is 17.6. The number of H-pyrrole nitrogens is 1. The number of benzene rings is 2. The maximum atomic E-state index is 11.0. The van der Waals surface area contributed by atoms with Crippen LogP contribution >= 0.6 is 0 Å². The van der Waals surface area contributed by atoms with Crippen LogP contribution in [0.25, 0.3) is 10.9 Å². The van der Waals surface area contributed by atoms with E-state index < -0.39 is 30.1 Å². The van der Waals surface area contributed by atoms with Gasteiger partial charge in [0, 0.05) is 23.5 Å². The molecule has 10 nitrogen and oxygen atoms in total. The third-order valence-electron chi connectivity index (χ3n) is 4.62. The van der Waals surface area contributed by atoms with Gasteiger partial charge in [-0.25, -0.2) is 0 Å². The van der Waals surface area contributed by atoms with Gasteiger partial charge in [-0.3, -0.25) is 14.4 Å². The van der Waals surface area contributed by atoms with Crippen molar-refractivity contribution in [3.63, 3.8) is 0 Å². The SMILES string of the molecule is CC(N)C(=O)O.COC(=O)C(N)Cc1ccccc1.NC(Cc1c[nH]c2ccccc12)C(=O)O. The normalized spacial score (nSPS) is 12.7. The number of ether oxygens (including phenoxy) is 1. The van der Waals surface area contributed by atoms with Crippen molar-refractivity contribution in [1.82, 2.24) is 4.98 Å². The molecule has 1 aromatic heterocycles. The predicted molar refractivity (Wildman–Crippen MR) is 129 cm³/mol. The van der Waals surface area contributed by atoms with Crippen LogP contribution in [-0.2, 0) is 32.0 Å². The van der Waals surface area contributed by atoms with Crippen LogP contribution in [0.5, 0.6) is 0 Å². The van der Waals surface area contributed by atoms with Crippen LogP contribution in [0.3, 0.4) is 0 Å². The number of carboxylic acid groups (broad SMARTS) is 2. The van der Waals surface area contributed by atoms with Crippen LogP contribution in [0.2, 0.25) is 0 Å². The molecule has 0 fully saturated rings. The molecule has 0 saturated heterocycles. The number of aromatic amines is 1. The number of carbonyl (C=O) groups is 3. The van der Waals surface area contributed by atoms with Crippen molar-refractivity contribution in [2.24, 2.45) is 17.2 Å². The van der Waals surface area contributed by atoms with E-state index in [1.165, 1.54) is 14.0 Å². The highest BCUT2D eigenvalue weighted by atomic mass is 16.5. The fourth-order valence-corrected chi connectivity index (χ4v) is 2.73. The van der Waals surface area contributed by atoms with Gasteiger partial charge in [-0.2, -0.15) is 0 Å². The van der Waals surface area contributed by atoms with Gasteiger partial charge in [0.1, 0.15) is 18.1 Å². The molecular formula is C24H32N4O6. The second-order valence-corrected chi connectivity index (χ2v) is 7.45. The Morgan fingerprint density at radius 3 is 1.97 bits per heavy atom. The van der Waals surface area contributed by atoms with Gasteiger partial charge in [0.05, 0.1) is 7.11 Å². The zero-order valence-corrected chi connectivity index (χ0v) is 19.2. The molecule has 34 heavy (non-hydrogen) atoms. The van der Waals surface area contributed by atoms with E-state index in [-0.39, 0.29) is 5.97 Å². The van der Waals surface area contributed by atoms with E-state index in [2.05, 4.69) is 9.72 Å². The minimum absolute atomic E-state index is 0.347. The maximum Gasteiger partial charge on any atom is 0.322 e. The second-order valence-electron chi connectivity index (χ2n) is 7.45. The molecule has 10 heteroatoms. The number of nitrogens with two attached hydrogens (primary N) is 3. The van der Waals surface area contributed by atoms with E-state index in [4.69, 9.17) is 27.4 Å². The van der Waals surface area contributed by atoms with E-state index in [1.54, 1.807) is 0 Å². The molecule has 0 amide bonds. The predicted octanol–water partition coefficient (Wildman–Crippen LogP) is 1.27. The standard InChI is InChI=1S/C11H12N2O2.C10H13NO2.C3H7NO2/c12-9(11(14)15)5-7-6-13-10-4-2-1-3-8(7)10;1-13-10(12)9(11)7-8-5-3-2-4-6-8;1-2(4)3(5)6/h1-4,6,9,13H,5,12H2,(H,14,15);2-6,9H,7,11H2,1H3;2H,4H2,1H3,(H,5,6). The molecule has 3 rings (SSSR count). The van der Waals surface area contributed by atoms with Crippen LogP contribution in [-0.4, -0.2) is 58.3 Å². The van der Waals surface area contributed by atoms with Crippen molar-refractivity contribution in [1.29, 1.82) is 0 Å². The van der Waals surface area contributed by atoms with Gasteiger partial charge >= 0.3 is 17.9 Å². The molecule has 3 unspecified atom stereocenters. The smallest absolute Gasteiger partial charge is 0.322 e. The molecule has 2 aromatic carbocycles. The highest BCUT2D eigenvalue weighted by Crippen LogP contribution is 2.18. The number of fused-ring (bicyclic) bond motifs is 1. The van der Waals surface area contributed by atoms with Gasteiger partial charge in [0.15, 0.2) is 0 Å². The number of rotatable bonds is 7. The van der Waals surface area contributed by atoms with Gasteiger partial charge in [-0.05, 0) is 30.5 Å². The molecule has 0 bridgehead atoms. The molecule has 184 valence electrons. The first kappa shape index (κ1) is 28.3. The number of esters is 1. The Morgan fingerprint density at radius 2 is 1.44 bits per heavy atom. The highest BCUT2D eigenvalue weighted by molar-refractivity contribution is 5.84. The molecule has 0 radical (unpaired) electrons. The second kappa shape index (κ2) is 14.4. The maximum absolute atomic E-state index is 11.0. The Labute approximate surface area is 197 Å². The zero-order chi connectivity index (χ0) is 25.7. The Hall–Kier alpha value is -3.73. The molecule has 3 aromatic rings. The minimum atomic E-state index is -0.972. The number of carbonyl (C=O) groups excluding carboxylic acids is 1. The Bertz CT molecular complexity index is 1050. The van der Waals surface area contributed by atoms with Crippen molar-refractivity contribution in [2.45, 2.75) is 37.9 Å². The van der Waals surface area contributed by atoms with Crippen LogP contribution in [0.1, 0.15) is 18.1 Å². The monoisotopic (exact) mass is 472 g/mol. The summed E-state index contributed by atoms with van der Waals surface area (Å²) >= 11 is 0. The summed E-state index contributed by atoms with van der Waals surface area (Å²) in [4.78, 5) is 34.3. The molecule has 0 aliphatic heterocycles. The Morgan fingerprint density at radius 1 is 0.882 bits per heavy atom. The Kier molecular flexibility index (Phi) is 12.0. The first-order chi connectivity index (χ1) is 16.1. The summed E-state index contributed by atoms with van der Waals surface area (Å²) in [7, 11) is 1.34. The molecule has 3 atom stereocenters. The van der Waals surface area contributed by atoms with Crippen molar-refractivity contribution in [3.05, 3.63) is 71.9 Å². The number of hydrogen-bond acceptors (Lipinski definition) is 7. The molecule has 0 aliphatic rings. The number of para-hydroxylation sites is 1. The quantitative estimate of drug-likeness (QED) is 0.274. The van der Waals surface area contributed by atoms with Crippen molar-refractivity contribution >= 4 is 28.8 Å². The van der Waals surface area contributed by atoms with Gasteiger partial charge in [0.2, 0.25) is 0 Å². The lowest BCUT2D eigenvalue weighted by Gasteiger charge is -2.08. The fraction of sp³-hybridized carbons (Fsp3) is 0.292. The summed E-state index contributed by atoms with van der Waals surface area (Å²) < 4.78 is 4.52. The number of hydrogen-bond donors (Lipinski definition) is 6. The van der Waals surface area contributed by atoms with Crippen LogP contribution < -0.4 is 17.2 Å². The highest BCUT2D eigenvalue weighted by Gasteiger charge is 2.14. The summed E-state index contributed by atoms with van der Waals surface area (Å²) in [6.45, 7) is 1.42. The topological polar surface area (TPSA) is 195 Å². The van der Waals surface area contributed by atoms with E-state index in [0.29, 0.717) is 12.8 Å². The summed E-state index contributed by atoms with van der Waals surface area (Å²) in [6.07, 6.45) is 2.68. The number of nitrogens with one attached hydrogen (secondary N) is 1. The number of methoxy groups -OCH3 is 1. The number of aliphatic carboxylic acids is 2. The van der Waals surface area contributed by atoms with E-state index >= 15 is 0 Å². The van der Waals surface area contributed by atoms with E-state index in [9.17, 15) is 14.4 Å². The molecular weight excluding hydrogens is 440 g/mol. The molecule has 0 saturated carbocycles. The molecule has 9 N–H and O–H groups in total. The lowest BCUT2D eigenvalue weighted by atomic mass is 10.1. The fourth-order valence-electron chi connectivity index (χ4n) is 2.73. The van der Waals surface area contributed by atoms with Crippen molar-refractivity contribution in [2.75, 3.05) is 7.11 Å². The van der Waals surface area contributed by atoms with Gasteiger partial charge in [-0.15, -0.1) is 0 Å². The average molecular weight is 473 g/mol. The summed E-state index contributed by atoms with van der Waals surface area (Å²) in [5.74, 6) is -2.31. The third kappa shape index (κ3) is 9.82. The van der Waals surface area contributed by atoms with Crippen LogP contribution in [0, 0.1) is 0 Å². The van der Waals surface area contributed by atoms with E-state index in [0.717, 1.165) is 22.0 Å². The van der Waals surface area contributed by atoms with Gasteiger partial charge in [0.25, 0.3) is 0 Å². The van der Waals surface area contributed by atoms with Gasteiger partial charge in [-0.1, -0.05) is 48.5 Å².